The van der Waals surface area contributed by atoms with Crippen LogP contribution < -0.4 is 5.32 Å². The molecule has 0 bridgehead atoms. The number of aryl methyl sites for hydroxylation is 1. The molecular formula is C14H19N3O2S3. The number of thiazole rings is 1. The Morgan fingerprint density at radius 3 is 2.95 bits per heavy atom. The summed E-state index contributed by atoms with van der Waals surface area (Å²) in [5, 5.41) is 6.04. The van der Waals surface area contributed by atoms with Crippen LogP contribution >= 0.6 is 22.7 Å². The van der Waals surface area contributed by atoms with Crippen LogP contribution in [-0.4, -0.2) is 43.9 Å². The van der Waals surface area contributed by atoms with E-state index in [0.717, 1.165) is 28.4 Å². The minimum Gasteiger partial charge on any atom is -0.318 e. The molecule has 1 saturated heterocycles. The standard InChI is InChI=1S/C14H19N3O2S3/c1-10-16-12(9-20-10)13-5-6-14(21-13)22(18,19)17-7-3-4-11(17)8-15-2/h5-6,9,11,15H,3-4,7-8H2,1-2H3. The van der Waals surface area contributed by atoms with E-state index in [1.807, 2.05) is 25.4 Å². The van der Waals surface area contributed by atoms with Crippen molar-refractivity contribution in [3.05, 3.63) is 22.5 Å². The van der Waals surface area contributed by atoms with Gasteiger partial charge in [-0.1, -0.05) is 0 Å². The first-order chi connectivity index (χ1) is 10.5. The lowest BCUT2D eigenvalue weighted by molar-refractivity contribution is 0.380. The zero-order valence-corrected chi connectivity index (χ0v) is 15.0. The van der Waals surface area contributed by atoms with Crippen molar-refractivity contribution < 1.29 is 8.42 Å². The Labute approximate surface area is 139 Å². The van der Waals surface area contributed by atoms with Crippen LogP contribution in [0.5, 0.6) is 0 Å². The van der Waals surface area contributed by atoms with Gasteiger partial charge in [-0.05, 0) is 38.9 Å². The van der Waals surface area contributed by atoms with Gasteiger partial charge < -0.3 is 5.32 Å². The minimum atomic E-state index is -3.40. The second-order valence-electron chi connectivity index (χ2n) is 5.34. The topological polar surface area (TPSA) is 62.3 Å². The third-order valence-corrected chi connectivity index (χ3v) is 8.08. The molecule has 1 N–H and O–H groups in total. The molecule has 8 heteroatoms. The maximum absolute atomic E-state index is 12.9. The Hall–Kier alpha value is -0.800. The van der Waals surface area contributed by atoms with Crippen LogP contribution in [0.1, 0.15) is 17.8 Å². The molecule has 0 aliphatic carbocycles. The number of rotatable bonds is 5. The van der Waals surface area contributed by atoms with Gasteiger partial charge in [0.25, 0.3) is 10.0 Å². The Morgan fingerprint density at radius 2 is 2.27 bits per heavy atom. The van der Waals surface area contributed by atoms with Gasteiger partial charge in [0.1, 0.15) is 4.21 Å². The SMILES string of the molecule is CNCC1CCCN1S(=O)(=O)c1ccc(-c2csc(C)n2)s1. The van der Waals surface area contributed by atoms with Crippen molar-refractivity contribution in [2.45, 2.75) is 30.0 Å². The highest BCUT2D eigenvalue weighted by Crippen LogP contribution is 2.34. The summed E-state index contributed by atoms with van der Waals surface area (Å²) in [6.45, 7) is 3.26. The van der Waals surface area contributed by atoms with Crippen molar-refractivity contribution in [1.82, 2.24) is 14.6 Å². The number of hydrogen-bond acceptors (Lipinski definition) is 6. The predicted molar refractivity (Wildman–Crippen MR) is 91.0 cm³/mol. The van der Waals surface area contributed by atoms with Gasteiger partial charge in [-0.2, -0.15) is 4.31 Å². The molecule has 1 atom stereocenters. The lowest BCUT2D eigenvalue weighted by Crippen LogP contribution is -2.40. The fraction of sp³-hybridized carbons (Fsp3) is 0.500. The van der Waals surface area contributed by atoms with Crippen LogP contribution in [0, 0.1) is 6.92 Å². The largest absolute Gasteiger partial charge is 0.318 e. The average Bonchev–Trinajstić information content (AvgIpc) is 3.17. The Balaban J connectivity index is 1.88. The summed E-state index contributed by atoms with van der Waals surface area (Å²) >= 11 is 2.88. The highest BCUT2D eigenvalue weighted by molar-refractivity contribution is 7.91. The summed E-state index contributed by atoms with van der Waals surface area (Å²) in [7, 11) is -1.54. The van der Waals surface area contributed by atoms with Gasteiger partial charge in [0.15, 0.2) is 0 Å². The lowest BCUT2D eigenvalue weighted by Gasteiger charge is -2.22. The van der Waals surface area contributed by atoms with Gasteiger partial charge in [-0.15, -0.1) is 22.7 Å². The van der Waals surface area contributed by atoms with E-state index in [2.05, 4.69) is 10.3 Å². The quantitative estimate of drug-likeness (QED) is 0.893. The molecule has 0 amide bonds. The molecule has 2 aromatic heterocycles. The third kappa shape index (κ3) is 2.98. The fourth-order valence-electron chi connectivity index (χ4n) is 2.75. The van der Waals surface area contributed by atoms with Crippen LogP contribution in [0.25, 0.3) is 10.6 Å². The van der Waals surface area contributed by atoms with Crippen LogP contribution in [0.15, 0.2) is 21.7 Å². The van der Waals surface area contributed by atoms with Crippen LogP contribution in [0.3, 0.4) is 0 Å². The number of nitrogens with zero attached hydrogens (tertiary/aromatic N) is 2. The number of aromatic nitrogens is 1. The number of likely N-dealkylation sites (N-methyl/N-ethyl adjacent to an activating group) is 1. The van der Waals surface area contributed by atoms with Crippen molar-refractivity contribution in [1.29, 1.82) is 0 Å². The summed E-state index contributed by atoms with van der Waals surface area (Å²) in [6.07, 6.45) is 1.85. The van der Waals surface area contributed by atoms with E-state index < -0.39 is 10.0 Å². The van der Waals surface area contributed by atoms with Crippen LogP contribution in [-0.2, 0) is 10.0 Å². The van der Waals surface area contributed by atoms with Crippen LogP contribution in [0.2, 0.25) is 0 Å². The van der Waals surface area contributed by atoms with E-state index in [-0.39, 0.29) is 6.04 Å². The van der Waals surface area contributed by atoms with Crippen molar-refractivity contribution in [3.8, 4) is 10.6 Å². The minimum absolute atomic E-state index is 0.0575. The van der Waals surface area contributed by atoms with Crippen molar-refractivity contribution in [2.75, 3.05) is 20.1 Å². The molecule has 120 valence electrons. The number of thiophene rings is 1. The Kier molecular flexibility index (Phi) is 4.65. The summed E-state index contributed by atoms with van der Waals surface area (Å²) in [5.41, 5.74) is 0.863. The molecule has 1 aliphatic heterocycles. The van der Waals surface area contributed by atoms with Gasteiger partial charge in [0.05, 0.1) is 15.6 Å². The molecule has 3 heterocycles. The Bertz CT molecular complexity index is 751. The van der Waals surface area contributed by atoms with Gasteiger partial charge in [-0.25, -0.2) is 13.4 Å². The maximum atomic E-state index is 12.9. The molecule has 0 saturated carbocycles. The summed E-state index contributed by atoms with van der Waals surface area (Å²) in [6, 6.07) is 3.62. The van der Waals surface area contributed by atoms with E-state index in [0.29, 0.717) is 17.3 Å². The average molecular weight is 358 g/mol. The molecule has 1 fully saturated rings. The van der Waals surface area contributed by atoms with Crippen molar-refractivity contribution in [2.24, 2.45) is 0 Å². The summed E-state index contributed by atoms with van der Waals surface area (Å²) in [4.78, 5) is 5.34. The first kappa shape index (κ1) is 16.1. The van der Waals surface area contributed by atoms with Crippen molar-refractivity contribution >= 4 is 32.7 Å². The lowest BCUT2D eigenvalue weighted by atomic mass is 10.2. The summed E-state index contributed by atoms with van der Waals surface area (Å²) in [5.74, 6) is 0. The normalized spacial score (nSPS) is 19.8. The predicted octanol–water partition coefficient (Wildman–Crippen LogP) is 2.55. The van der Waals surface area contributed by atoms with E-state index in [9.17, 15) is 8.42 Å². The molecule has 22 heavy (non-hydrogen) atoms. The summed E-state index contributed by atoms with van der Waals surface area (Å²) < 4.78 is 27.8. The molecule has 1 aliphatic rings. The second-order valence-corrected chi connectivity index (χ2v) is 9.60. The molecule has 2 aromatic rings. The molecule has 3 rings (SSSR count). The van der Waals surface area contributed by atoms with E-state index >= 15 is 0 Å². The van der Waals surface area contributed by atoms with Gasteiger partial charge >= 0.3 is 0 Å². The highest BCUT2D eigenvalue weighted by atomic mass is 32.2. The van der Waals surface area contributed by atoms with E-state index in [4.69, 9.17) is 0 Å². The zero-order chi connectivity index (χ0) is 15.7. The smallest absolute Gasteiger partial charge is 0.252 e. The highest BCUT2D eigenvalue weighted by Gasteiger charge is 2.35. The van der Waals surface area contributed by atoms with Crippen molar-refractivity contribution in [3.63, 3.8) is 0 Å². The van der Waals surface area contributed by atoms with Gasteiger partial charge in [-0.3, -0.25) is 0 Å². The number of nitrogens with one attached hydrogen (secondary N) is 1. The van der Waals surface area contributed by atoms with Crippen LogP contribution in [0.4, 0.5) is 0 Å². The molecule has 0 spiro atoms. The first-order valence-electron chi connectivity index (χ1n) is 7.21. The number of hydrogen-bond donors (Lipinski definition) is 1. The molecule has 0 radical (unpaired) electrons. The first-order valence-corrected chi connectivity index (χ1v) is 10.3. The molecule has 5 nitrogen and oxygen atoms in total. The fourth-order valence-corrected chi connectivity index (χ4v) is 6.53. The Morgan fingerprint density at radius 1 is 1.45 bits per heavy atom. The number of sulfonamides is 1. The third-order valence-electron chi connectivity index (χ3n) is 3.78. The van der Waals surface area contributed by atoms with E-state index in [1.54, 1.807) is 21.7 Å². The molecular weight excluding hydrogens is 338 g/mol. The molecule has 1 unspecified atom stereocenters. The monoisotopic (exact) mass is 357 g/mol. The maximum Gasteiger partial charge on any atom is 0.252 e. The van der Waals surface area contributed by atoms with E-state index in [1.165, 1.54) is 11.3 Å². The molecule has 0 aromatic carbocycles. The van der Waals surface area contributed by atoms with Gasteiger partial charge in [0, 0.05) is 24.5 Å². The zero-order valence-electron chi connectivity index (χ0n) is 12.6. The second kappa shape index (κ2) is 6.37. The van der Waals surface area contributed by atoms with Gasteiger partial charge in [0.2, 0.25) is 0 Å².